The Labute approximate surface area is 120 Å². The molecule has 0 saturated carbocycles. The largest absolute Gasteiger partial charge is 0.478 e. The zero-order valence-corrected chi connectivity index (χ0v) is 11.3. The lowest BCUT2D eigenvalue weighted by Crippen LogP contribution is -2.24. The van der Waals surface area contributed by atoms with Crippen LogP contribution in [-0.2, 0) is 6.54 Å². The average Bonchev–Trinajstić information content (AvgIpc) is 2.45. The lowest BCUT2D eigenvalue weighted by molar-refractivity contribution is 0.0694. The van der Waals surface area contributed by atoms with Crippen LogP contribution in [0.1, 0.15) is 32.1 Å². The van der Waals surface area contributed by atoms with Crippen LogP contribution in [0, 0.1) is 12.7 Å². The molecule has 2 aromatic rings. The summed E-state index contributed by atoms with van der Waals surface area (Å²) < 4.78 is 12.8. The average molecular weight is 288 g/mol. The molecule has 0 aliphatic rings. The summed E-state index contributed by atoms with van der Waals surface area (Å²) in [6.45, 7) is 1.76. The van der Waals surface area contributed by atoms with Gasteiger partial charge in [-0.05, 0) is 36.8 Å². The summed E-state index contributed by atoms with van der Waals surface area (Å²) in [4.78, 5) is 26.8. The van der Waals surface area contributed by atoms with Crippen LogP contribution in [0.3, 0.4) is 0 Å². The molecule has 108 valence electrons. The Balaban J connectivity index is 2.05. The molecular weight excluding hydrogens is 275 g/mol. The Kier molecular flexibility index (Phi) is 4.27. The molecule has 0 unspecified atom stereocenters. The van der Waals surface area contributed by atoms with E-state index < -0.39 is 11.9 Å². The van der Waals surface area contributed by atoms with Crippen LogP contribution < -0.4 is 5.32 Å². The molecule has 0 atom stereocenters. The molecule has 0 saturated heterocycles. The van der Waals surface area contributed by atoms with Crippen molar-refractivity contribution in [1.29, 1.82) is 0 Å². The minimum atomic E-state index is -1.08. The highest BCUT2D eigenvalue weighted by molar-refractivity contribution is 5.94. The molecule has 2 rings (SSSR count). The third kappa shape index (κ3) is 3.62. The van der Waals surface area contributed by atoms with Gasteiger partial charge in [0.15, 0.2) is 0 Å². The summed E-state index contributed by atoms with van der Waals surface area (Å²) >= 11 is 0. The molecule has 0 aliphatic heterocycles. The number of nitrogens with zero attached hydrogens (tertiary/aromatic N) is 1. The molecule has 0 fully saturated rings. The number of nitrogens with one attached hydrogen (secondary N) is 1. The number of hydrogen-bond acceptors (Lipinski definition) is 3. The number of benzene rings is 1. The van der Waals surface area contributed by atoms with Gasteiger partial charge in [-0.15, -0.1) is 0 Å². The van der Waals surface area contributed by atoms with E-state index in [2.05, 4.69) is 10.3 Å². The smallest absolute Gasteiger partial charge is 0.337 e. The number of carbonyl (C=O) groups excluding carboxylic acids is 1. The molecule has 2 N–H and O–H groups in total. The van der Waals surface area contributed by atoms with Gasteiger partial charge in [0.05, 0.1) is 11.3 Å². The van der Waals surface area contributed by atoms with Gasteiger partial charge >= 0.3 is 5.97 Å². The first-order valence-corrected chi connectivity index (χ1v) is 6.21. The number of aryl methyl sites for hydroxylation is 1. The van der Waals surface area contributed by atoms with Gasteiger partial charge in [0.1, 0.15) is 11.5 Å². The molecule has 5 nitrogen and oxygen atoms in total. The summed E-state index contributed by atoms with van der Waals surface area (Å²) in [5, 5.41) is 11.5. The van der Waals surface area contributed by atoms with Crippen molar-refractivity contribution in [3.63, 3.8) is 0 Å². The van der Waals surface area contributed by atoms with Gasteiger partial charge in [-0.2, -0.15) is 0 Å². The second-order valence-corrected chi connectivity index (χ2v) is 4.44. The second-order valence-electron chi connectivity index (χ2n) is 4.44. The fourth-order valence-electron chi connectivity index (χ4n) is 1.79. The minimum Gasteiger partial charge on any atom is -0.478 e. The van der Waals surface area contributed by atoms with Crippen molar-refractivity contribution < 1.29 is 19.1 Å². The van der Waals surface area contributed by atoms with Gasteiger partial charge in [-0.3, -0.25) is 4.79 Å². The van der Waals surface area contributed by atoms with Crippen LogP contribution >= 0.6 is 0 Å². The Hall–Kier alpha value is -2.76. The van der Waals surface area contributed by atoms with E-state index in [9.17, 15) is 14.0 Å². The highest BCUT2D eigenvalue weighted by Gasteiger charge is 2.12. The molecule has 1 aromatic carbocycles. The maximum Gasteiger partial charge on any atom is 0.337 e. The Morgan fingerprint density at radius 3 is 2.43 bits per heavy atom. The van der Waals surface area contributed by atoms with Crippen molar-refractivity contribution in [3.05, 3.63) is 64.7 Å². The molecule has 1 amide bonds. The van der Waals surface area contributed by atoms with E-state index in [4.69, 9.17) is 5.11 Å². The maximum absolute atomic E-state index is 12.8. The van der Waals surface area contributed by atoms with E-state index in [1.807, 2.05) is 0 Å². The number of carbonyl (C=O) groups is 2. The Morgan fingerprint density at radius 1 is 1.19 bits per heavy atom. The molecular formula is C15H13FN2O3. The van der Waals surface area contributed by atoms with E-state index in [0.29, 0.717) is 0 Å². The van der Waals surface area contributed by atoms with Crippen LogP contribution in [-0.4, -0.2) is 22.0 Å². The van der Waals surface area contributed by atoms with E-state index >= 15 is 0 Å². The molecule has 1 aromatic heterocycles. The quantitative estimate of drug-likeness (QED) is 0.903. The van der Waals surface area contributed by atoms with Crippen LogP contribution in [0.15, 0.2) is 36.4 Å². The summed E-state index contributed by atoms with van der Waals surface area (Å²) in [5.41, 5.74) is 1.23. The normalized spacial score (nSPS) is 10.2. The molecule has 0 aliphatic carbocycles. The van der Waals surface area contributed by atoms with Crippen LogP contribution in [0.25, 0.3) is 0 Å². The van der Waals surface area contributed by atoms with Crippen molar-refractivity contribution in [2.75, 3.05) is 0 Å². The van der Waals surface area contributed by atoms with Gasteiger partial charge in [0.2, 0.25) is 0 Å². The number of carboxylic acids is 1. The fraction of sp³-hybridized carbons (Fsp3) is 0.133. The van der Waals surface area contributed by atoms with Gasteiger partial charge in [0, 0.05) is 6.54 Å². The SMILES string of the molecule is Cc1nc(C(=O)NCc2ccc(F)cc2)ccc1C(=O)O. The fourth-order valence-corrected chi connectivity index (χ4v) is 1.79. The highest BCUT2D eigenvalue weighted by Crippen LogP contribution is 2.08. The summed E-state index contributed by atoms with van der Waals surface area (Å²) in [5.74, 6) is -1.84. The first-order valence-electron chi connectivity index (χ1n) is 6.21. The maximum atomic E-state index is 12.8. The van der Waals surface area contributed by atoms with E-state index in [-0.39, 0.29) is 29.3 Å². The Morgan fingerprint density at radius 2 is 1.86 bits per heavy atom. The van der Waals surface area contributed by atoms with Gasteiger partial charge < -0.3 is 10.4 Å². The first-order chi connectivity index (χ1) is 9.97. The predicted molar refractivity (Wildman–Crippen MR) is 73.5 cm³/mol. The zero-order valence-electron chi connectivity index (χ0n) is 11.3. The molecule has 0 spiro atoms. The van der Waals surface area contributed by atoms with Gasteiger partial charge in [-0.1, -0.05) is 12.1 Å². The van der Waals surface area contributed by atoms with E-state index in [1.54, 1.807) is 12.1 Å². The number of amides is 1. The van der Waals surface area contributed by atoms with E-state index in [0.717, 1.165) is 5.56 Å². The van der Waals surface area contributed by atoms with Crippen LogP contribution in [0.4, 0.5) is 4.39 Å². The molecule has 1 heterocycles. The van der Waals surface area contributed by atoms with Crippen molar-refractivity contribution in [1.82, 2.24) is 10.3 Å². The molecule has 0 radical (unpaired) electrons. The van der Waals surface area contributed by atoms with E-state index in [1.165, 1.54) is 31.2 Å². The number of carboxylic acid groups (broad SMARTS) is 1. The van der Waals surface area contributed by atoms with Crippen LogP contribution in [0.5, 0.6) is 0 Å². The lowest BCUT2D eigenvalue weighted by atomic mass is 10.2. The predicted octanol–water partition coefficient (Wildman–Crippen LogP) is 2.16. The zero-order chi connectivity index (χ0) is 15.4. The number of rotatable bonds is 4. The van der Waals surface area contributed by atoms with Gasteiger partial charge in [0.25, 0.3) is 5.91 Å². The first kappa shape index (κ1) is 14.6. The van der Waals surface area contributed by atoms with Crippen molar-refractivity contribution in [3.8, 4) is 0 Å². The molecule has 0 bridgehead atoms. The number of pyridine rings is 1. The second kappa shape index (κ2) is 6.13. The third-order valence-electron chi connectivity index (χ3n) is 2.92. The van der Waals surface area contributed by atoms with Crippen molar-refractivity contribution >= 4 is 11.9 Å². The minimum absolute atomic E-state index is 0.0603. The monoisotopic (exact) mass is 288 g/mol. The number of hydrogen-bond donors (Lipinski definition) is 2. The molecule has 6 heteroatoms. The Bertz CT molecular complexity index is 684. The topological polar surface area (TPSA) is 79.3 Å². The van der Waals surface area contributed by atoms with Crippen molar-refractivity contribution in [2.45, 2.75) is 13.5 Å². The third-order valence-corrected chi connectivity index (χ3v) is 2.92. The molecule has 21 heavy (non-hydrogen) atoms. The van der Waals surface area contributed by atoms with Crippen LogP contribution in [0.2, 0.25) is 0 Å². The highest BCUT2D eigenvalue weighted by atomic mass is 19.1. The summed E-state index contributed by atoms with van der Waals surface area (Å²) in [6, 6.07) is 8.47. The number of aromatic nitrogens is 1. The lowest BCUT2D eigenvalue weighted by Gasteiger charge is -2.06. The van der Waals surface area contributed by atoms with Gasteiger partial charge in [-0.25, -0.2) is 14.2 Å². The number of aromatic carboxylic acids is 1. The van der Waals surface area contributed by atoms with Crippen molar-refractivity contribution in [2.24, 2.45) is 0 Å². The summed E-state index contributed by atoms with van der Waals surface area (Å²) in [6.07, 6.45) is 0. The standard InChI is InChI=1S/C15H13FN2O3/c1-9-12(15(20)21)6-7-13(18-9)14(19)17-8-10-2-4-11(16)5-3-10/h2-7H,8H2,1H3,(H,17,19)(H,20,21). The summed E-state index contributed by atoms with van der Waals surface area (Å²) in [7, 11) is 0. The number of halogens is 1.